The predicted molar refractivity (Wildman–Crippen MR) is 65.2 cm³/mol. The van der Waals surface area contributed by atoms with Gasteiger partial charge in [-0.3, -0.25) is 4.79 Å². The molecule has 2 fully saturated rings. The Morgan fingerprint density at radius 1 is 1.38 bits per heavy atom. The van der Waals surface area contributed by atoms with Crippen molar-refractivity contribution in [3.63, 3.8) is 0 Å². The van der Waals surface area contributed by atoms with Crippen LogP contribution in [0.1, 0.15) is 39.5 Å². The Labute approximate surface area is 98.6 Å². The molecule has 1 aliphatic heterocycles. The van der Waals surface area contributed by atoms with E-state index in [1.54, 1.807) is 6.92 Å². The lowest BCUT2D eigenvalue weighted by Gasteiger charge is -2.38. The number of nitrogens with one attached hydrogen (secondary N) is 1. The number of hydrogen-bond acceptors (Lipinski definition) is 2. The molecule has 1 saturated heterocycles. The zero-order valence-corrected chi connectivity index (χ0v) is 10.5. The van der Waals surface area contributed by atoms with E-state index < -0.39 is 0 Å². The van der Waals surface area contributed by atoms with E-state index in [-0.39, 0.29) is 5.91 Å². The summed E-state index contributed by atoms with van der Waals surface area (Å²) >= 11 is 0. The number of likely N-dealkylation sites (tertiary alicyclic amines) is 1. The number of carbonyl (C=O) groups excluding carboxylic acids is 1. The molecule has 1 N–H and O–H groups in total. The maximum atomic E-state index is 11.4. The van der Waals surface area contributed by atoms with E-state index >= 15 is 0 Å². The average Bonchev–Trinajstić information content (AvgIpc) is 2.14. The van der Waals surface area contributed by atoms with Crippen LogP contribution >= 0.6 is 0 Å². The Morgan fingerprint density at radius 3 is 2.69 bits per heavy atom. The Balaban J connectivity index is 1.76. The number of hydrogen-bond donors (Lipinski definition) is 1. The lowest BCUT2D eigenvalue weighted by Crippen LogP contribution is -2.51. The van der Waals surface area contributed by atoms with E-state index in [9.17, 15) is 4.79 Å². The molecule has 3 nitrogen and oxygen atoms in total. The van der Waals surface area contributed by atoms with Crippen LogP contribution in [0.25, 0.3) is 0 Å². The molecule has 2 unspecified atom stereocenters. The minimum atomic E-state index is 0.224. The Hall–Kier alpha value is -0.570. The van der Waals surface area contributed by atoms with Crippen LogP contribution in [0.3, 0.4) is 0 Å². The first-order valence-electron chi connectivity index (χ1n) is 6.64. The molecule has 2 aliphatic rings. The van der Waals surface area contributed by atoms with Crippen LogP contribution in [-0.2, 0) is 4.79 Å². The standard InChI is InChI=1S/C13H24N2O/c1-10-6-13(9-15(8-10)11(2)16)14-7-12-4-3-5-12/h10,12-14H,3-9H2,1-2H3. The van der Waals surface area contributed by atoms with Gasteiger partial charge in [-0.15, -0.1) is 0 Å². The minimum Gasteiger partial charge on any atom is -0.341 e. The van der Waals surface area contributed by atoms with E-state index in [1.165, 1.54) is 25.7 Å². The number of nitrogens with zero attached hydrogens (tertiary/aromatic N) is 1. The monoisotopic (exact) mass is 224 g/mol. The molecule has 1 aliphatic carbocycles. The molecule has 16 heavy (non-hydrogen) atoms. The van der Waals surface area contributed by atoms with Crippen molar-refractivity contribution in [2.75, 3.05) is 19.6 Å². The highest BCUT2D eigenvalue weighted by Gasteiger charge is 2.27. The Kier molecular flexibility index (Phi) is 3.85. The summed E-state index contributed by atoms with van der Waals surface area (Å²) < 4.78 is 0. The number of carbonyl (C=O) groups is 1. The summed E-state index contributed by atoms with van der Waals surface area (Å²) in [5, 5.41) is 3.64. The fourth-order valence-electron chi connectivity index (χ4n) is 2.79. The van der Waals surface area contributed by atoms with Crippen molar-refractivity contribution in [2.45, 2.75) is 45.6 Å². The maximum Gasteiger partial charge on any atom is 0.219 e. The highest BCUT2D eigenvalue weighted by Crippen LogP contribution is 2.26. The molecule has 0 aromatic carbocycles. The van der Waals surface area contributed by atoms with Gasteiger partial charge in [-0.1, -0.05) is 13.3 Å². The molecular formula is C13H24N2O. The van der Waals surface area contributed by atoms with Gasteiger partial charge in [0.25, 0.3) is 0 Å². The molecule has 1 heterocycles. The van der Waals surface area contributed by atoms with Gasteiger partial charge < -0.3 is 10.2 Å². The lowest BCUT2D eigenvalue weighted by molar-refractivity contribution is -0.131. The van der Waals surface area contributed by atoms with Gasteiger partial charge in [0.05, 0.1) is 0 Å². The molecule has 3 heteroatoms. The van der Waals surface area contributed by atoms with Crippen LogP contribution in [0.4, 0.5) is 0 Å². The summed E-state index contributed by atoms with van der Waals surface area (Å²) in [5.74, 6) is 1.77. The second-order valence-electron chi connectivity index (χ2n) is 5.67. The van der Waals surface area contributed by atoms with E-state index in [0.717, 1.165) is 25.6 Å². The highest BCUT2D eigenvalue weighted by molar-refractivity contribution is 5.73. The van der Waals surface area contributed by atoms with Gasteiger partial charge in [0.1, 0.15) is 0 Å². The first-order valence-corrected chi connectivity index (χ1v) is 6.64. The largest absolute Gasteiger partial charge is 0.341 e. The topological polar surface area (TPSA) is 32.3 Å². The third-order valence-corrected chi connectivity index (χ3v) is 4.02. The summed E-state index contributed by atoms with van der Waals surface area (Å²) in [6, 6.07) is 0.522. The number of amides is 1. The van der Waals surface area contributed by atoms with Gasteiger partial charge in [0.2, 0.25) is 5.91 Å². The molecule has 0 spiro atoms. The van der Waals surface area contributed by atoms with Crippen LogP contribution in [0, 0.1) is 11.8 Å². The second-order valence-corrected chi connectivity index (χ2v) is 5.67. The molecule has 2 atom stereocenters. The third-order valence-electron chi connectivity index (χ3n) is 4.02. The summed E-state index contributed by atoms with van der Waals surface area (Å²) in [4.78, 5) is 13.4. The zero-order valence-electron chi connectivity index (χ0n) is 10.5. The van der Waals surface area contributed by atoms with Gasteiger partial charge >= 0.3 is 0 Å². The van der Waals surface area contributed by atoms with Crippen molar-refractivity contribution in [3.8, 4) is 0 Å². The first kappa shape index (κ1) is 11.9. The Bertz CT molecular complexity index is 250. The molecule has 0 aromatic rings. The van der Waals surface area contributed by atoms with Gasteiger partial charge in [-0.25, -0.2) is 0 Å². The average molecular weight is 224 g/mol. The summed E-state index contributed by atoms with van der Waals surface area (Å²) in [5.41, 5.74) is 0. The lowest BCUT2D eigenvalue weighted by atomic mass is 9.85. The highest BCUT2D eigenvalue weighted by atomic mass is 16.2. The summed E-state index contributed by atoms with van der Waals surface area (Å²) in [7, 11) is 0. The SMILES string of the molecule is CC(=O)N1CC(C)CC(NCC2CCC2)C1. The maximum absolute atomic E-state index is 11.4. The van der Waals surface area contributed by atoms with Gasteiger partial charge in [0.15, 0.2) is 0 Å². The fraction of sp³-hybridized carbons (Fsp3) is 0.923. The molecule has 1 amide bonds. The van der Waals surface area contributed by atoms with Crippen molar-refractivity contribution >= 4 is 5.91 Å². The molecule has 0 aromatic heterocycles. The summed E-state index contributed by atoms with van der Waals surface area (Å²) in [6.45, 7) is 6.93. The minimum absolute atomic E-state index is 0.224. The molecule has 1 saturated carbocycles. The predicted octanol–water partition coefficient (Wildman–Crippen LogP) is 1.63. The molecule has 0 radical (unpaired) electrons. The van der Waals surface area contributed by atoms with Crippen LogP contribution in [0.2, 0.25) is 0 Å². The molecule has 2 rings (SSSR count). The second kappa shape index (κ2) is 5.17. The van der Waals surface area contributed by atoms with E-state index in [4.69, 9.17) is 0 Å². The van der Waals surface area contributed by atoms with Crippen LogP contribution in [-0.4, -0.2) is 36.5 Å². The smallest absolute Gasteiger partial charge is 0.219 e. The van der Waals surface area contributed by atoms with Gasteiger partial charge in [0, 0.05) is 26.1 Å². The van der Waals surface area contributed by atoms with E-state index in [0.29, 0.717) is 12.0 Å². The van der Waals surface area contributed by atoms with Crippen LogP contribution < -0.4 is 5.32 Å². The quantitative estimate of drug-likeness (QED) is 0.790. The van der Waals surface area contributed by atoms with Gasteiger partial charge in [-0.2, -0.15) is 0 Å². The molecule has 0 bridgehead atoms. The van der Waals surface area contributed by atoms with Crippen LogP contribution in [0.5, 0.6) is 0 Å². The summed E-state index contributed by atoms with van der Waals surface area (Å²) in [6.07, 6.45) is 5.42. The van der Waals surface area contributed by atoms with Crippen molar-refractivity contribution in [2.24, 2.45) is 11.8 Å². The normalized spacial score (nSPS) is 31.2. The number of piperidine rings is 1. The zero-order chi connectivity index (χ0) is 11.5. The third kappa shape index (κ3) is 2.97. The molecule has 92 valence electrons. The van der Waals surface area contributed by atoms with Crippen molar-refractivity contribution < 1.29 is 4.79 Å². The van der Waals surface area contributed by atoms with Crippen molar-refractivity contribution in [1.82, 2.24) is 10.2 Å². The van der Waals surface area contributed by atoms with E-state index in [1.807, 2.05) is 4.90 Å². The van der Waals surface area contributed by atoms with Crippen LogP contribution in [0.15, 0.2) is 0 Å². The number of rotatable bonds is 3. The first-order chi connectivity index (χ1) is 7.65. The van der Waals surface area contributed by atoms with Crippen molar-refractivity contribution in [1.29, 1.82) is 0 Å². The van der Waals surface area contributed by atoms with Gasteiger partial charge in [-0.05, 0) is 37.6 Å². The molecular weight excluding hydrogens is 200 g/mol. The van der Waals surface area contributed by atoms with E-state index in [2.05, 4.69) is 12.2 Å². The van der Waals surface area contributed by atoms with Crippen molar-refractivity contribution in [3.05, 3.63) is 0 Å². The Morgan fingerprint density at radius 2 is 2.12 bits per heavy atom. The fourth-order valence-corrected chi connectivity index (χ4v) is 2.79.